The number of H-pyrrole nitrogens is 1. The molecule has 0 aliphatic heterocycles. The third-order valence-corrected chi connectivity index (χ3v) is 3.87. The summed E-state index contributed by atoms with van der Waals surface area (Å²) in [6.45, 7) is 3.48. The van der Waals surface area contributed by atoms with E-state index in [0.717, 1.165) is 22.5 Å². The van der Waals surface area contributed by atoms with Gasteiger partial charge in [0.1, 0.15) is 0 Å². The van der Waals surface area contributed by atoms with Gasteiger partial charge < -0.3 is 0 Å². The number of benzene rings is 2. The molecule has 2 aromatic carbocycles. The first-order valence-corrected chi connectivity index (χ1v) is 7.34. The van der Waals surface area contributed by atoms with E-state index in [4.69, 9.17) is 0 Å². The third kappa shape index (κ3) is 2.58. The van der Waals surface area contributed by atoms with Crippen LogP contribution in [0.2, 0.25) is 0 Å². The number of ketones is 1. The maximum atomic E-state index is 12.1. The van der Waals surface area contributed by atoms with Crippen LogP contribution in [0.3, 0.4) is 0 Å². The quantitative estimate of drug-likeness (QED) is 0.735. The normalized spacial score (nSPS) is 10.9. The van der Waals surface area contributed by atoms with Gasteiger partial charge in [-0.25, -0.2) is 0 Å². The highest BCUT2D eigenvalue weighted by Crippen LogP contribution is 2.33. The molecule has 0 radical (unpaired) electrons. The lowest BCUT2D eigenvalue weighted by molar-refractivity contribution is 0.101. The highest BCUT2D eigenvalue weighted by atomic mass is 16.1. The Morgan fingerprint density at radius 3 is 1.91 bits per heavy atom. The number of rotatable bonds is 4. The molecular weight excluding hydrogens is 272 g/mol. The van der Waals surface area contributed by atoms with Gasteiger partial charge >= 0.3 is 0 Å². The van der Waals surface area contributed by atoms with E-state index in [-0.39, 0.29) is 11.7 Å². The van der Waals surface area contributed by atoms with E-state index in [1.165, 1.54) is 0 Å². The van der Waals surface area contributed by atoms with Crippen LogP contribution >= 0.6 is 0 Å². The number of carbonyl (C=O) groups excluding carboxylic acids is 1. The van der Waals surface area contributed by atoms with Crippen LogP contribution in [0.5, 0.6) is 0 Å². The standard InChI is InChI=1S/C19H18N2O/c1-13-17(14(2)22)19(21-20-13)18(15-9-5-3-6-10-15)16-11-7-4-8-12-16/h3-12,18H,1-2H3,(H,20,21). The lowest BCUT2D eigenvalue weighted by Gasteiger charge is -2.17. The Morgan fingerprint density at radius 1 is 0.955 bits per heavy atom. The van der Waals surface area contributed by atoms with E-state index in [0.29, 0.717) is 5.56 Å². The van der Waals surface area contributed by atoms with Crippen molar-refractivity contribution in [1.82, 2.24) is 10.2 Å². The average molecular weight is 290 g/mol. The molecule has 0 atom stereocenters. The number of aromatic amines is 1. The molecule has 0 bridgehead atoms. The van der Waals surface area contributed by atoms with Crippen LogP contribution in [-0.2, 0) is 0 Å². The average Bonchev–Trinajstić information content (AvgIpc) is 2.91. The summed E-state index contributed by atoms with van der Waals surface area (Å²) in [4.78, 5) is 12.1. The molecule has 3 nitrogen and oxygen atoms in total. The molecule has 3 rings (SSSR count). The Balaban J connectivity index is 2.21. The lowest BCUT2D eigenvalue weighted by atomic mass is 9.86. The maximum Gasteiger partial charge on any atom is 0.163 e. The van der Waals surface area contributed by atoms with Gasteiger partial charge in [-0.1, -0.05) is 60.7 Å². The molecule has 0 spiro atoms. The number of hydrogen-bond donors (Lipinski definition) is 1. The van der Waals surface area contributed by atoms with Crippen LogP contribution in [-0.4, -0.2) is 16.0 Å². The number of nitrogens with zero attached hydrogens (tertiary/aromatic N) is 1. The fraction of sp³-hybridized carbons (Fsp3) is 0.158. The molecule has 0 amide bonds. The van der Waals surface area contributed by atoms with Crippen molar-refractivity contribution in [3.05, 3.63) is 88.7 Å². The van der Waals surface area contributed by atoms with E-state index in [9.17, 15) is 4.79 Å². The van der Waals surface area contributed by atoms with Crippen molar-refractivity contribution in [2.45, 2.75) is 19.8 Å². The van der Waals surface area contributed by atoms with Gasteiger partial charge in [0.2, 0.25) is 0 Å². The van der Waals surface area contributed by atoms with Crippen LogP contribution in [0.15, 0.2) is 60.7 Å². The Labute approximate surface area is 130 Å². The fourth-order valence-corrected chi connectivity index (χ4v) is 2.90. The first-order chi connectivity index (χ1) is 10.7. The number of Topliss-reactive ketones (excluding diaryl/α,β-unsaturated/α-hetero) is 1. The monoisotopic (exact) mass is 290 g/mol. The molecule has 0 aliphatic rings. The summed E-state index contributed by atoms with van der Waals surface area (Å²) in [5.41, 5.74) is 4.56. The Morgan fingerprint density at radius 2 is 1.45 bits per heavy atom. The predicted molar refractivity (Wildman–Crippen MR) is 87.2 cm³/mol. The summed E-state index contributed by atoms with van der Waals surface area (Å²) in [5.74, 6) is -0.00985. The third-order valence-electron chi connectivity index (χ3n) is 3.87. The van der Waals surface area contributed by atoms with Gasteiger partial charge in [0, 0.05) is 5.69 Å². The molecule has 1 heterocycles. The topological polar surface area (TPSA) is 45.8 Å². The minimum atomic E-state index is -0.0498. The van der Waals surface area contributed by atoms with Crippen LogP contribution in [0.1, 0.15) is 45.7 Å². The van der Waals surface area contributed by atoms with E-state index in [1.807, 2.05) is 43.3 Å². The molecule has 3 aromatic rings. The Bertz CT molecular complexity index is 736. The maximum absolute atomic E-state index is 12.1. The molecule has 110 valence electrons. The summed E-state index contributed by atoms with van der Waals surface area (Å²) < 4.78 is 0. The number of carbonyl (C=O) groups is 1. The summed E-state index contributed by atoms with van der Waals surface area (Å²) in [5, 5.41) is 7.41. The first kappa shape index (κ1) is 14.3. The zero-order valence-corrected chi connectivity index (χ0v) is 12.7. The summed E-state index contributed by atoms with van der Waals surface area (Å²) in [6.07, 6.45) is 0. The van der Waals surface area contributed by atoms with Gasteiger partial charge in [-0.3, -0.25) is 9.89 Å². The molecule has 0 fully saturated rings. The van der Waals surface area contributed by atoms with Crippen LogP contribution in [0.25, 0.3) is 0 Å². The molecular formula is C19H18N2O. The number of nitrogens with one attached hydrogen (secondary N) is 1. The van der Waals surface area contributed by atoms with Gasteiger partial charge in [-0.2, -0.15) is 5.10 Å². The molecule has 1 aromatic heterocycles. The fourth-order valence-electron chi connectivity index (χ4n) is 2.90. The second kappa shape index (κ2) is 5.98. The molecule has 0 saturated carbocycles. The second-order valence-electron chi connectivity index (χ2n) is 5.42. The summed E-state index contributed by atoms with van der Waals surface area (Å²) >= 11 is 0. The van der Waals surface area contributed by atoms with Crippen molar-refractivity contribution in [2.24, 2.45) is 0 Å². The summed E-state index contributed by atoms with van der Waals surface area (Å²) in [7, 11) is 0. The largest absolute Gasteiger partial charge is 0.294 e. The second-order valence-corrected chi connectivity index (χ2v) is 5.42. The van der Waals surface area contributed by atoms with Gasteiger partial charge in [-0.05, 0) is 25.0 Å². The van der Waals surface area contributed by atoms with E-state index in [1.54, 1.807) is 6.92 Å². The SMILES string of the molecule is CC(=O)c1c(C(c2ccccc2)c2ccccc2)n[nH]c1C. The van der Waals surface area contributed by atoms with E-state index < -0.39 is 0 Å². The number of aryl methyl sites for hydroxylation is 1. The molecule has 0 unspecified atom stereocenters. The van der Waals surface area contributed by atoms with Crippen LogP contribution < -0.4 is 0 Å². The summed E-state index contributed by atoms with van der Waals surface area (Å²) in [6, 6.07) is 20.3. The zero-order valence-electron chi connectivity index (χ0n) is 12.7. The van der Waals surface area contributed by atoms with Gasteiger partial charge in [0.05, 0.1) is 17.2 Å². The predicted octanol–water partition coefficient (Wildman–Crippen LogP) is 4.10. The smallest absolute Gasteiger partial charge is 0.163 e. The molecule has 0 saturated heterocycles. The van der Waals surface area contributed by atoms with Gasteiger partial charge in [0.25, 0.3) is 0 Å². The van der Waals surface area contributed by atoms with Crippen LogP contribution in [0, 0.1) is 6.92 Å². The van der Waals surface area contributed by atoms with Crippen molar-refractivity contribution in [3.8, 4) is 0 Å². The molecule has 0 aliphatic carbocycles. The zero-order chi connectivity index (χ0) is 15.5. The molecule has 3 heteroatoms. The van der Waals surface area contributed by atoms with Crippen molar-refractivity contribution < 1.29 is 4.79 Å². The van der Waals surface area contributed by atoms with Gasteiger partial charge in [-0.15, -0.1) is 0 Å². The Kier molecular flexibility index (Phi) is 3.88. The minimum Gasteiger partial charge on any atom is -0.294 e. The van der Waals surface area contributed by atoms with E-state index in [2.05, 4.69) is 34.5 Å². The van der Waals surface area contributed by atoms with Crippen molar-refractivity contribution in [1.29, 1.82) is 0 Å². The van der Waals surface area contributed by atoms with Crippen molar-refractivity contribution >= 4 is 5.78 Å². The minimum absolute atomic E-state index is 0.0399. The highest BCUT2D eigenvalue weighted by Gasteiger charge is 2.25. The lowest BCUT2D eigenvalue weighted by Crippen LogP contribution is -2.09. The number of hydrogen-bond acceptors (Lipinski definition) is 2. The van der Waals surface area contributed by atoms with Crippen molar-refractivity contribution in [2.75, 3.05) is 0 Å². The van der Waals surface area contributed by atoms with Crippen molar-refractivity contribution in [3.63, 3.8) is 0 Å². The highest BCUT2D eigenvalue weighted by molar-refractivity contribution is 5.96. The first-order valence-electron chi connectivity index (χ1n) is 7.34. The van der Waals surface area contributed by atoms with Gasteiger partial charge in [0.15, 0.2) is 5.78 Å². The molecule has 1 N–H and O–H groups in total. The molecule has 22 heavy (non-hydrogen) atoms. The Hall–Kier alpha value is -2.68. The number of aromatic nitrogens is 2. The van der Waals surface area contributed by atoms with E-state index >= 15 is 0 Å². The van der Waals surface area contributed by atoms with Crippen LogP contribution in [0.4, 0.5) is 0 Å².